The molecule has 7 aromatic carbocycles. The fourth-order valence-corrected chi connectivity index (χ4v) is 10.1. The summed E-state index contributed by atoms with van der Waals surface area (Å²) in [7, 11) is -4.00. The summed E-state index contributed by atoms with van der Waals surface area (Å²) in [6, 6.07) is 25.8. The number of pyridine rings is 2. The summed E-state index contributed by atoms with van der Waals surface area (Å²) in [5.74, 6) is 0. The summed E-state index contributed by atoms with van der Waals surface area (Å²) >= 11 is 0. The van der Waals surface area contributed by atoms with E-state index in [4.69, 9.17) is 9.97 Å². The number of hydrogen-bond donors (Lipinski definition) is 0. The second-order valence-electron chi connectivity index (χ2n) is 12.0. The maximum absolute atomic E-state index is 14.6. The first-order chi connectivity index (χ1) is 21.9. The molecule has 0 spiro atoms. The van der Waals surface area contributed by atoms with Gasteiger partial charge in [-0.3, -0.25) is 18.4 Å². The van der Waals surface area contributed by atoms with E-state index in [1.54, 1.807) is 20.9 Å². The van der Waals surface area contributed by atoms with E-state index in [1.807, 2.05) is 72.8 Å². The molecule has 0 fully saturated rings. The number of hydrogen-bond acceptors (Lipinski definition) is 6. The first-order valence-electron chi connectivity index (χ1n) is 14.5. The van der Waals surface area contributed by atoms with Crippen LogP contribution in [0.25, 0.3) is 98.0 Å². The molecule has 45 heavy (non-hydrogen) atoms. The van der Waals surface area contributed by atoms with E-state index in [0.29, 0.717) is 76.5 Å². The van der Waals surface area contributed by atoms with Crippen LogP contribution in [0.5, 0.6) is 0 Å². The van der Waals surface area contributed by atoms with E-state index >= 15 is 0 Å². The van der Waals surface area contributed by atoms with Gasteiger partial charge in [0.15, 0.2) is 0 Å². The number of rotatable bonds is 0. The van der Waals surface area contributed by atoms with Crippen LogP contribution in [-0.2, 0) is 9.84 Å². The van der Waals surface area contributed by atoms with E-state index in [9.17, 15) is 18.0 Å². The number of nitrogens with zero attached hydrogens (tertiary/aromatic N) is 4. The zero-order valence-electron chi connectivity index (χ0n) is 22.9. The Morgan fingerprint density at radius 1 is 0.467 bits per heavy atom. The Kier molecular flexibility index (Phi) is 3.39. The van der Waals surface area contributed by atoms with Gasteiger partial charge in [-0.2, -0.15) is 0 Å². The van der Waals surface area contributed by atoms with E-state index in [0.717, 1.165) is 21.5 Å². The number of sulfone groups is 1. The molecular weight excluding hydrogens is 584 g/mol. The topological polar surface area (TPSA) is 103 Å². The summed E-state index contributed by atoms with van der Waals surface area (Å²) in [5, 5.41) is 7.98. The Bertz CT molecular complexity index is 3270. The van der Waals surface area contributed by atoms with Crippen molar-refractivity contribution in [2.45, 2.75) is 9.79 Å². The Morgan fingerprint density at radius 2 is 0.889 bits per heavy atom. The second kappa shape index (κ2) is 6.74. The van der Waals surface area contributed by atoms with Crippen LogP contribution in [0.3, 0.4) is 0 Å². The van der Waals surface area contributed by atoms with E-state index in [2.05, 4.69) is 0 Å². The molecule has 0 N–H and O–H groups in total. The lowest BCUT2D eigenvalue weighted by atomic mass is 9.86. The van der Waals surface area contributed by atoms with Gasteiger partial charge in [-0.05, 0) is 59.3 Å². The van der Waals surface area contributed by atoms with Crippen molar-refractivity contribution >= 4 is 108 Å². The minimum absolute atomic E-state index is 0.194. The second-order valence-corrected chi connectivity index (χ2v) is 13.9. The zero-order valence-corrected chi connectivity index (χ0v) is 23.7. The molecule has 1 aliphatic heterocycles. The number of para-hydroxylation sites is 4. The summed E-state index contributed by atoms with van der Waals surface area (Å²) in [6.45, 7) is 0. The quantitative estimate of drug-likeness (QED) is 0.148. The maximum atomic E-state index is 14.6. The molecule has 9 heteroatoms. The fourth-order valence-electron chi connectivity index (χ4n) is 8.34. The molecule has 1 aliphatic rings. The van der Waals surface area contributed by atoms with Crippen LogP contribution in [-0.4, -0.2) is 27.2 Å². The molecule has 0 radical (unpaired) electrons. The Balaban J connectivity index is 1.42. The lowest BCUT2D eigenvalue weighted by molar-refractivity contribution is 0.599. The Morgan fingerprint density at radius 3 is 1.36 bits per heavy atom. The van der Waals surface area contributed by atoms with Crippen molar-refractivity contribution in [3.8, 4) is 0 Å². The molecule has 11 aromatic rings. The molecule has 5 heterocycles. The van der Waals surface area contributed by atoms with Crippen molar-refractivity contribution in [2.75, 3.05) is 0 Å². The molecule has 0 aliphatic carbocycles. The molecule has 0 saturated heterocycles. The van der Waals surface area contributed by atoms with Crippen LogP contribution < -0.4 is 11.1 Å². The van der Waals surface area contributed by atoms with Gasteiger partial charge in [0.25, 0.3) is 11.1 Å². The van der Waals surface area contributed by atoms with Crippen LogP contribution in [0.4, 0.5) is 0 Å². The van der Waals surface area contributed by atoms with Crippen molar-refractivity contribution in [1.82, 2.24) is 18.8 Å². The van der Waals surface area contributed by atoms with Crippen LogP contribution in [0.2, 0.25) is 0 Å². The summed E-state index contributed by atoms with van der Waals surface area (Å²) in [4.78, 5) is 38.2. The molecular formula is C36H14N4O4S. The third-order valence-corrected chi connectivity index (χ3v) is 11.9. The highest BCUT2D eigenvalue weighted by atomic mass is 32.2. The van der Waals surface area contributed by atoms with Crippen LogP contribution in [0, 0.1) is 0 Å². The predicted octanol–water partition coefficient (Wildman–Crippen LogP) is 6.39. The van der Waals surface area contributed by atoms with Gasteiger partial charge in [-0.1, -0.05) is 36.4 Å². The van der Waals surface area contributed by atoms with E-state index in [-0.39, 0.29) is 20.9 Å². The smallest absolute Gasteiger partial charge is 0.264 e. The minimum atomic E-state index is -4.00. The largest absolute Gasteiger partial charge is 0.268 e. The van der Waals surface area contributed by atoms with Crippen LogP contribution in [0.1, 0.15) is 0 Å². The van der Waals surface area contributed by atoms with E-state index < -0.39 is 9.84 Å². The Labute approximate surface area is 249 Å². The summed E-state index contributed by atoms with van der Waals surface area (Å²) in [5.41, 5.74) is 3.15. The van der Waals surface area contributed by atoms with Gasteiger partial charge < -0.3 is 0 Å². The highest BCUT2D eigenvalue weighted by Crippen LogP contribution is 2.54. The molecule has 8 nitrogen and oxygen atoms in total. The first-order valence-corrected chi connectivity index (χ1v) is 16.0. The van der Waals surface area contributed by atoms with Gasteiger partial charge in [0.1, 0.15) is 11.3 Å². The highest BCUT2D eigenvalue weighted by molar-refractivity contribution is 7.92. The van der Waals surface area contributed by atoms with Crippen LogP contribution >= 0.6 is 0 Å². The van der Waals surface area contributed by atoms with E-state index in [1.165, 1.54) is 0 Å². The third-order valence-electron chi connectivity index (χ3n) is 10.1. The van der Waals surface area contributed by atoms with Crippen molar-refractivity contribution in [2.24, 2.45) is 0 Å². The Hall–Kier alpha value is -5.93. The van der Waals surface area contributed by atoms with Gasteiger partial charge in [0.2, 0.25) is 9.84 Å². The number of benzene rings is 7. The monoisotopic (exact) mass is 598 g/mol. The fraction of sp³-hybridized carbons (Fsp3) is 0. The number of fused-ring (bicyclic) bond motifs is 9. The van der Waals surface area contributed by atoms with Crippen molar-refractivity contribution in [3.63, 3.8) is 0 Å². The van der Waals surface area contributed by atoms with Gasteiger partial charge >= 0.3 is 0 Å². The number of imidazole rings is 2. The average Bonchev–Trinajstić information content (AvgIpc) is 3.71. The third kappa shape index (κ3) is 2.20. The average molecular weight is 599 g/mol. The lowest BCUT2D eigenvalue weighted by Gasteiger charge is -2.17. The summed E-state index contributed by atoms with van der Waals surface area (Å²) < 4.78 is 32.4. The number of aromatic nitrogens is 4. The molecule has 4 aromatic heterocycles. The van der Waals surface area contributed by atoms with Gasteiger partial charge in [0.05, 0.1) is 31.9 Å². The summed E-state index contributed by atoms with van der Waals surface area (Å²) in [6.07, 6.45) is 0. The first kappa shape index (κ1) is 22.6. The zero-order chi connectivity index (χ0) is 29.7. The highest BCUT2D eigenvalue weighted by Gasteiger charge is 2.37. The lowest BCUT2D eigenvalue weighted by Crippen LogP contribution is -2.14. The molecule has 12 rings (SSSR count). The maximum Gasteiger partial charge on any atom is 0.264 e. The van der Waals surface area contributed by atoms with Crippen molar-refractivity contribution < 1.29 is 8.42 Å². The molecule has 208 valence electrons. The minimum Gasteiger partial charge on any atom is -0.268 e. The van der Waals surface area contributed by atoms with Gasteiger partial charge in [0, 0.05) is 53.9 Å². The molecule has 0 bridgehead atoms. The van der Waals surface area contributed by atoms with Gasteiger partial charge in [-0.15, -0.1) is 0 Å². The van der Waals surface area contributed by atoms with Crippen molar-refractivity contribution in [1.29, 1.82) is 0 Å². The van der Waals surface area contributed by atoms with Crippen molar-refractivity contribution in [3.05, 3.63) is 106 Å². The SMILES string of the molecule is O=c1c2ccc3c4ccc5c(=O)n6c7ccccc7nc6c6cc7c(c8c(cc(c2c38)c2nc3ccccc3n12)S7(=O)=O)c4c56. The standard InChI is InChI=1S/C36H14N4O4S/c41-35-17-11-9-15-16-10-12-18-28-20(34-38-22-6-2-4-8-24(22)40(34)36(18)42)14-26-32(30(16)28)31-25(45(26,43)44)13-19(27(17)29(15)31)33-37-21-5-1-3-7-23(21)39(33)35/h1-14H. The van der Waals surface area contributed by atoms with Crippen LogP contribution in [0.15, 0.2) is 104 Å². The molecule has 0 unspecified atom stereocenters. The molecule has 0 atom stereocenters. The normalized spacial score (nSPS) is 14.8. The van der Waals surface area contributed by atoms with Gasteiger partial charge in [-0.25, -0.2) is 18.4 Å². The predicted molar refractivity (Wildman–Crippen MR) is 176 cm³/mol. The molecule has 0 amide bonds. The molecule has 0 saturated carbocycles.